The molecule has 1 aromatic heterocycles. The number of aromatic nitrogens is 2. The lowest BCUT2D eigenvalue weighted by molar-refractivity contribution is 0.972. The lowest BCUT2D eigenvalue weighted by Gasteiger charge is -2.06. The fourth-order valence-corrected chi connectivity index (χ4v) is 2.79. The molecular weight excluding hydrogens is 252 g/mol. The fraction of sp³-hybridized carbons (Fsp3) is 0.0625. The van der Waals surface area contributed by atoms with Gasteiger partial charge in [-0.15, -0.1) is 0 Å². The minimum absolute atomic E-state index is 1.00. The van der Waals surface area contributed by atoms with Gasteiger partial charge in [-0.3, -0.25) is 0 Å². The molecule has 0 atom stereocenters. The topological polar surface area (TPSA) is 17.8 Å². The highest BCUT2D eigenvalue weighted by Gasteiger charge is 2.01. The van der Waals surface area contributed by atoms with Gasteiger partial charge in [-0.05, 0) is 43.3 Å². The zero-order chi connectivity index (χ0) is 13.1. The van der Waals surface area contributed by atoms with E-state index in [2.05, 4.69) is 58.1 Å². The van der Waals surface area contributed by atoms with Gasteiger partial charge >= 0.3 is 0 Å². The van der Waals surface area contributed by atoms with Crippen LogP contribution < -0.4 is 0 Å². The van der Waals surface area contributed by atoms with Crippen molar-refractivity contribution in [1.82, 2.24) is 9.55 Å². The maximum atomic E-state index is 4.24. The van der Waals surface area contributed by atoms with Gasteiger partial charge in [0.05, 0.1) is 0 Å². The summed E-state index contributed by atoms with van der Waals surface area (Å²) in [5.74, 6) is 1.00. The van der Waals surface area contributed by atoms with Gasteiger partial charge in [-0.2, -0.15) is 0 Å². The molecule has 0 spiro atoms. The molecule has 3 heteroatoms. The van der Waals surface area contributed by atoms with E-state index in [1.165, 1.54) is 9.79 Å². The summed E-state index contributed by atoms with van der Waals surface area (Å²) < 4.78 is 2.08. The number of imidazole rings is 1. The molecule has 94 valence electrons. The molecule has 3 rings (SSSR count). The fourth-order valence-electron chi connectivity index (χ4n) is 1.95. The number of rotatable bonds is 3. The summed E-state index contributed by atoms with van der Waals surface area (Å²) in [5, 5.41) is 0. The molecule has 0 N–H and O–H groups in total. The maximum absolute atomic E-state index is 4.24. The molecule has 2 aromatic carbocycles. The first-order valence-electron chi connectivity index (χ1n) is 6.16. The van der Waals surface area contributed by atoms with Gasteiger partial charge in [0.25, 0.3) is 0 Å². The van der Waals surface area contributed by atoms with Crippen LogP contribution in [0.5, 0.6) is 0 Å². The van der Waals surface area contributed by atoms with E-state index in [1.807, 2.05) is 25.4 Å². The van der Waals surface area contributed by atoms with Crippen molar-refractivity contribution in [2.24, 2.45) is 0 Å². The second-order valence-corrected chi connectivity index (χ2v) is 5.40. The molecule has 2 nitrogen and oxygen atoms in total. The number of benzene rings is 2. The van der Waals surface area contributed by atoms with Crippen molar-refractivity contribution >= 4 is 11.8 Å². The average molecular weight is 266 g/mol. The number of hydrogen-bond acceptors (Lipinski definition) is 2. The number of hydrogen-bond donors (Lipinski definition) is 0. The summed E-state index contributed by atoms with van der Waals surface area (Å²) in [6.07, 6.45) is 3.80. The average Bonchev–Trinajstić information content (AvgIpc) is 2.87. The summed E-state index contributed by atoms with van der Waals surface area (Å²) in [6.45, 7) is 2.01. The Kier molecular flexibility index (Phi) is 3.38. The van der Waals surface area contributed by atoms with Crippen LogP contribution in [0.3, 0.4) is 0 Å². The van der Waals surface area contributed by atoms with Crippen molar-refractivity contribution in [3.8, 4) is 5.69 Å². The standard InChI is InChI=1S/C16H14N2S/c1-13-17-11-12-18(13)14-7-9-16(10-8-14)19-15-5-3-2-4-6-15/h2-12H,1H3. The molecule has 0 amide bonds. The van der Waals surface area contributed by atoms with Gasteiger partial charge in [0.1, 0.15) is 5.82 Å². The van der Waals surface area contributed by atoms with E-state index in [4.69, 9.17) is 0 Å². The third kappa shape index (κ3) is 2.71. The summed E-state index contributed by atoms with van der Waals surface area (Å²) in [6, 6.07) is 18.9. The molecule has 0 radical (unpaired) electrons. The second kappa shape index (κ2) is 5.33. The Labute approximate surface area is 117 Å². The molecule has 0 unspecified atom stereocenters. The van der Waals surface area contributed by atoms with Gasteiger partial charge in [0, 0.05) is 27.9 Å². The van der Waals surface area contributed by atoms with Gasteiger partial charge in [0.15, 0.2) is 0 Å². The SMILES string of the molecule is Cc1nccn1-c1ccc(Sc2ccccc2)cc1. The summed E-state index contributed by atoms with van der Waals surface area (Å²) in [5.41, 5.74) is 1.15. The first-order chi connectivity index (χ1) is 9.33. The summed E-state index contributed by atoms with van der Waals surface area (Å²) >= 11 is 1.77. The van der Waals surface area contributed by atoms with Gasteiger partial charge in [-0.25, -0.2) is 4.98 Å². The minimum Gasteiger partial charge on any atom is -0.304 e. The van der Waals surface area contributed by atoms with Crippen LogP contribution in [-0.4, -0.2) is 9.55 Å². The van der Waals surface area contributed by atoms with E-state index in [9.17, 15) is 0 Å². The van der Waals surface area contributed by atoms with Crippen molar-refractivity contribution in [3.05, 3.63) is 72.8 Å². The van der Waals surface area contributed by atoms with E-state index in [-0.39, 0.29) is 0 Å². The maximum Gasteiger partial charge on any atom is 0.110 e. The van der Waals surface area contributed by atoms with Crippen LogP contribution in [0.4, 0.5) is 0 Å². The molecule has 3 aromatic rings. The summed E-state index contributed by atoms with van der Waals surface area (Å²) in [7, 11) is 0. The van der Waals surface area contributed by atoms with E-state index >= 15 is 0 Å². The van der Waals surface area contributed by atoms with Crippen LogP contribution in [0.15, 0.2) is 76.8 Å². The third-order valence-corrected chi connectivity index (χ3v) is 3.94. The Morgan fingerprint density at radius 3 is 2.21 bits per heavy atom. The van der Waals surface area contributed by atoms with E-state index < -0.39 is 0 Å². The molecule has 0 aliphatic heterocycles. The molecule has 1 heterocycles. The lowest BCUT2D eigenvalue weighted by Crippen LogP contribution is -1.94. The highest BCUT2D eigenvalue weighted by Crippen LogP contribution is 2.27. The Morgan fingerprint density at radius 2 is 1.58 bits per heavy atom. The van der Waals surface area contributed by atoms with Crippen LogP contribution in [0.2, 0.25) is 0 Å². The predicted octanol–water partition coefficient (Wildman–Crippen LogP) is 4.33. The van der Waals surface area contributed by atoms with Crippen molar-refractivity contribution in [2.45, 2.75) is 16.7 Å². The van der Waals surface area contributed by atoms with Crippen LogP contribution >= 0.6 is 11.8 Å². The molecule has 0 bridgehead atoms. The molecule has 19 heavy (non-hydrogen) atoms. The van der Waals surface area contributed by atoms with Gasteiger partial charge in [0.2, 0.25) is 0 Å². The zero-order valence-corrected chi connectivity index (χ0v) is 11.5. The van der Waals surface area contributed by atoms with Crippen LogP contribution in [0, 0.1) is 6.92 Å². The zero-order valence-electron chi connectivity index (χ0n) is 10.7. The van der Waals surface area contributed by atoms with Gasteiger partial charge < -0.3 is 4.57 Å². The van der Waals surface area contributed by atoms with E-state index in [1.54, 1.807) is 11.8 Å². The van der Waals surface area contributed by atoms with E-state index in [0.29, 0.717) is 0 Å². The smallest absolute Gasteiger partial charge is 0.110 e. The van der Waals surface area contributed by atoms with Crippen LogP contribution in [0.25, 0.3) is 5.69 Å². The van der Waals surface area contributed by atoms with Crippen molar-refractivity contribution in [2.75, 3.05) is 0 Å². The first-order valence-corrected chi connectivity index (χ1v) is 6.98. The lowest BCUT2D eigenvalue weighted by atomic mass is 10.3. The molecular formula is C16H14N2S. The molecule has 0 fully saturated rings. The Balaban J connectivity index is 1.82. The van der Waals surface area contributed by atoms with E-state index in [0.717, 1.165) is 11.5 Å². The third-order valence-electron chi connectivity index (χ3n) is 2.92. The van der Waals surface area contributed by atoms with Crippen molar-refractivity contribution in [3.63, 3.8) is 0 Å². The Hall–Kier alpha value is -2.00. The normalized spacial score (nSPS) is 10.6. The molecule has 0 saturated heterocycles. The van der Waals surface area contributed by atoms with Crippen LogP contribution in [-0.2, 0) is 0 Å². The first kappa shape index (κ1) is 12.1. The van der Waals surface area contributed by atoms with Crippen molar-refractivity contribution in [1.29, 1.82) is 0 Å². The number of aryl methyl sites for hydroxylation is 1. The quantitative estimate of drug-likeness (QED) is 0.702. The highest BCUT2D eigenvalue weighted by atomic mass is 32.2. The number of nitrogens with zero attached hydrogens (tertiary/aromatic N) is 2. The van der Waals surface area contributed by atoms with Gasteiger partial charge in [-0.1, -0.05) is 30.0 Å². The Morgan fingerprint density at radius 1 is 0.895 bits per heavy atom. The molecule has 0 aliphatic carbocycles. The monoisotopic (exact) mass is 266 g/mol. The largest absolute Gasteiger partial charge is 0.304 e. The van der Waals surface area contributed by atoms with Crippen molar-refractivity contribution < 1.29 is 0 Å². The highest BCUT2D eigenvalue weighted by molar-refractivity contribution is 7.99. The predicted molar refractivity (Wildman–Crippen MR) is 78.9 cm³/mol. The second-order valence-electron chi connectivity index (χ2n) is 4.25. The Bertz CT molecular complexity index is 657. The molecule has 0 aliphatic rings. The minimum atomic E-state index is 1.00. The van der Waals surface area contributed by atoms with Crippen LogP contribution in [0.1, 0.15) is 5.82 Å². The summed E-state index contributed by atoms with van der Waals surface area (Å²) in [4.78, 5) is 6.74. The molecule has 0 saturated carbocycles.